The first-order valence-corrected chi connectivity index (χ1v) is 12.4. The minimum atomic E-state index is -3.95. The number of aromatic nitrogens is 1. The van der Waals surface area contributed by atoms with Crippen LogP contribution >= 0.6 is 23.2 Å². The molecule has 0 unspecified atom stereocenters. The Kier molecular flexibility index (Phi) is 6.43. The molecule has 33 heavy (non-hydrogen) atoms. The molecule has 1 N–H and O–H groups in total. The van der Waals surface area contributed by atoms with E-state index in [1.54, 1.807) is 6.92 Å². The average molecular weight is 520 g/mol. The highest BCUT2D eigenvalue weighted by Gasteiger charge is 2.58. The molecule has 1 aromatic heterocycles. The molecule has 1 aromatic carbocycles. The van der Waals surface area contributed by atoms with Gasteiger partial charge in [0, 0.05) is 24.5 Å². The van der Waals surface area contributed by atoms with Crippen LogP contribution in [0, 0.1) is 17.0 Å². The molecule has 2 heterocycles. The molecule has 1 atom stereocenters. The van der Waals surface area contributed by atoms with Crippen molar-refractivity contribution >= 4 is 39.1 Å². The summed E-state index contributed by atoms with van der Waals surface area (Å²) in [6.45, 7) is 1.72. The maximum Gasteiger partial charge on any atom is 0.257 e. The number of halogens is 4. The Balaban J connectivity index is 1.48. The summed E-state index contributed by atoms with van der Waals surface area (Å²) < 4.78 is 54.6. The maximum absolute atomic E-state index is 14.0. The zero-order valence-corrected chi connectivity index (χ0v) is 19.8. The highest BCUT2D eigenvalue weighted by Crippen LogP contribution is 2.52. The number of pyridine rings is 1. The molecule has 1 spiro atoms. The summed E-state index contributed by atoms with van der Waals surface area (Å²) in [5, 5.41) is 8.98. The molecule has 1 amide bonds. The van der Waals surface area contributed by atoms with E-state index in [4.69, 9.17) is 23.2 Å². The summed E-state index contributed by atoms with van der Waals surface area (Å²) in [5.74, 6) is -2.29. The first-order valence-electron chi connectivity index (χ1n) is 10.2. The van der Waals surface area contributed by atoms with E-state index >= 15 is 0 Å². The molecule has 2 fully saturated rings. The first kappa shape index (κ1) is 24.3. The molecular formula is C21H21Cl2F2N3O4S. The lowest BCUT2D eigenvalue weighted by molar-refractivity contribution is -0.0776. The van der Waals surface area contributed by atoms with Gasteiger partial charge in [-0.25, -0.2) is 22.2 Å². The monoisotopic (exact) mass is 519 g/mol. The lowest BCUT2D eigenvalue weighted by atomic mass is 9.61. The van der Waals surface area contributed by atoms with Gasteiger partial charge in [0.25, 0.3) is 5.91 Å². The average Bonchev–Trinajstić information content (AvgIpc) is 2.70. The molecule has 2 aromatic rings. The first-order chi connectivity index (χ1) is 15.5. The second kappa shape index (κ2) is 8.74. The summed E-state index contributed by atoms with van der Waals surface area (Å²) >= 11 is 11.6. The van der Waals surface area contributed by atoms with Gasteiger partial charge in [-0.1, -0.05) is 35.3 Å². The van der Waals surface area contributed by atoms with E-state index in [1.165, 1.54) is 27.4 Å². The van der Waals surface area contributed by atoms with Crippen molar-refractivity contribution in [1.29, 1.82) is 0 Å². The van der Waals surface area contributed by atoms with Gasteiger partial charge in [0.05, 0.1) is 18.2 Å². The third kappa shape index (κ3) is 4.23. The van der Waals surface area contributed by atoms with Crippen LogP contribution in [-0.2, 0) is 10.0 Å². The Morgan fingerprint density at radius 1 is 1.24 bits per heavy atom. The molecule has 4 rings (SSSR count). The lowest BCUT2D eigenvalue weighted by Crippen LogP contribution is -2.68. The van der Waals surface area contributed by atoms with Crippen molar-refractivity contribution in [3.8, 4) is 0 Å². The summed E-state index contributed by atoms with van der Waals surface area (Å²) in [6.07, 6.45) is 0.959. The summed E-state index contributed by atoms with van der Waals surface area (Å²) in [7, 11) is -3.95. The van der Waals surface area contributed by atoms with Gasteiger partial charge in [-0.05, 0) is 38.0 Å². The molecule has 1 saturated carbocycles. The summed E-state index contributed by atoms with van der Waals surface area (Å²) in [5.41, 5.74) is -0.513. The maximum atomic E-state index is 14.0. The number of nitrogens with zero attached hydrogens (tertiary/aromatic N) is 3. The predicted octanol–water partition coefficient (Wildman–Crippen LogP) is 3.34. The van der Waals surface area contributed by atoms with Crippen molar-refractivity contribution in [1.82, 2.24) is 14.2 Å². The number of rotatable bonds is 6. The van der Waals surface area contributed by atoms with Crippen LogP contribution in [0.3, 0.4) is 0 Å². The molecule has 0 bridgehead atoms. The van der Waals surface area contributed by atoms with E-state index in [0.29, 0.717) is 12.8 Å². The molecule has 1 aliphatic carbocycles. The molecule has 12 heteroatoms. The van der Waals surface area contributed by atoms with Crippen molar-refractivity contribution in [2.45, 2.75) is 36.7 Å². The second-order valence-electron chi connectivity index (χ2n) is 8.61. The van der Waals surface area contributed by atoms with E-state index in [9.17, 15) is 27.1 Å². The van der Waals surface area contributed by atoms with Gasteiger partial charge >= 0.3 is 0 Å². The van der Waals surface area contributed by atoms with Gasteiger partial charge in [0.2, 0.25) is 10.0 Å². The van der Waals surface area contributed by atoms with Gasteiger partial charge in [-0.15, -0.1) is 0 Å². The standard InChI is InChI=1S/C21H21Cl2F2N3O4S/c1-12(9-29)28(20(30)14-6-16(25)19(23)26-18(14)22)13-7-21(8-13)10-27(11-21)33(31,32)17-5-3-2-4-15(17)24/h2-6,12-13,29H,7-11H2,1H3/t12-/m1/s1. The van der Waals surface area contributed by atoms with Crippen LogP contribution in [0.4, 0.5) is 8.78 Å². The number of benzene rings is 1. The fraction of sp³-hybridized carbons (Fsp3) is 0.429. The highest BCUT2D eigenvalue weighted by molar-refractivity contribution is 7.89. The fourth-order valence-corrected chi connectivity index (χ4v) is 6.74. The molecular weight excluding hydrogens is 499 g/mol. The number of hydrogen-bond donors (Lipinski definition) is 1. The lowest BCUT2D eigenvalue weighted by Gasteiger charge is -2.60. The normalized spacial score (nSPS) is 19.1. The van der Waals surface area contributed by atoms with Gasteiger partial charge < -0.3 is 10.0 Å². The Bertz CT molecular complexity index is 1200. The predicted molar refractivity (Wildman–Crippen MR) is 118 cm³/mol. The molecule has 1 saturated heterocycles. The van der Waals surface area contributed by atoms with Gasteiger partial charge in [0.15, 0.2) is 11.0 Å². The van der Waals surface area contributed by atoms with Crippen LogP contribution in [0.25, 0.3) is 0 Å². The third-order valence-corrected chi connectivity index (χ3v) is 8.68. The summed E-state index contributed by atoms with van der Waals surface area (Å²) in [6, 6.07) is 5.22. The molecule has 2 aliphatic rings. The topological polar surface area (TPSA) is 90.8 Å². The zero-order chi connectivity index (χ0) is 24.1. The molecule has 0 radical (unpaired) electrons. The number of aliphatic hydroxyl groups excluding tert-OH is 1. The SMILES string of the molecule is C[C@H](CO)N(C(=O)c1cc(F)c(Cl)nc1Cl)C1CC2(C1)CN(S(=O)(=O)c1ccccc1F)C2. The number of amides is 1. The van der Waals surface area contributed by atoms with Gasteiger partial charge in [-0.3, -0.25) is 4.79 Å². The smallest absolute Gasteiger partial charge is 0.257 e. The van der Waals surface area contributed by atoms with Crippen LogP contribution in [0.5, 0.6) is 0 Å². The Morgan fingerprint density at radius 2 is 1.88 bits per heavy atom. The molecule has 178 valence electrons. The largest absolute Gasteiger partial charge is 0.394 e. The quantitative estimate of drug-likeness (QED) is 0.591. The Labute approximate surface area is 200 Å². The van der Waals surface area contributed by atoms with Crippen molar-refractivity contribution in [3.63, 3.8) is 0 Å². The van der Waals surface area contributed by atoms with Crippen molar-refractivity contribution < 1.29 is 27.1 Å². The van der Waals surface area contributed by atoms with E-state index in [0.717, 1.165) is 12.1 Å². The number of sulfonamides is 1. The second-order valence-corrected chi connectivity index (χ2v) is 11.2. The van der Waals surface area contributed by atoms with Crippen molar-refractivity contribution in [2.75, 3.05) is 19.7 Å². The Hall–Kier alpha value is -1.85. The van der Waals surface area contributed by atoms with Gasteiger partial charge in [-0.2, -0.15) is 4.31 Å². The highest BCUT2D eigenvalue weighted by atomic mass is 35.5. The summed E-state index contributed by atoms with van der Waals surface area (Å²) in [4.78, 5) is 17.9. The van der Waals surface area contributed by atoms with Crippen LogP contribution in [0.2, 0.25) is 10.3 Å². The Morgan fingerprint density at radius 3 is 2.48 bits per heavy atom. The van der Waals surface area contributed by atoms with E-state index < -0.39 is 38.8 Å². The molecule has 7 nitrogen and oxygen atoms in total. The zero-order valence-electron chi connectivity index (χ0n) is 17.5. The van der Waals surface area contributed by atoms with E-state index in [2.05, 4.69) is 4.98 Å². The van der Waals surface area contributed by atoms with Crippen LogP contribution < -0.4 is 0 Å². The number of aliphatic hydroxyl groups is 1. The third-order valence-electron chi connectivity index (χ3n) is 6.30. The van der Waals surface area contributed by atoms with Crippen molar-refractivity contribution in [2.24, 2.45) is 5.41 Å². The number of hydrogen-bond acceptors (Lipinski definition) is 5. The minimum Gasteiger partial charge on any atom is -0.394 e. The van der Waals surface area contributed by atoms with Gasteiger partial charge in [0.1, 0.15) is 15.9 Å². The van der Waals surface area contributed by atoms with E-state index in [1.807, 2.05) is 0 Å². The molecule has 1 aliphatic heterocycles. The van der Waals surface area contributed by atoms with E-state index in [-0.39, 0.29) is 46.8 Å². The van der Waals surface area contributed by atoms with Crippen LogP contribution in [0.1, 0.15) is 30.1 Å². The van der Waals surface area contributed by atoms with Crippen LogP contribution in [0.15, 0.2) is 35.2 Å². The van der Waals surface area contributed by atoms with Crippen molar-refractivity contribution in [3.05, 3.63) is 57.8 Å². The minimum absolute atomic E-state index is 0.169. The number of carbonyl (C=O) groups excluding carboxylic acids is 1. The number of carbonyl (C=O) groups is 1. The van der Waals surface area contributed by atoms with Crippen LogP contribution in [-0.4, -0.2) is 65.4 Å². The fourth-order valence-electron chi connectivity index (χ4n) is 4.61.